The Hall–Kier alpha value is -2.81. The van der Waals surface area contributed by atoms with Crippen LogP contribution in [0, 0.1) is 6.57 Å². The molecular weight excluding hydrogens is 289 g/mol. The van der Waals surface area contributed by atoms with Crippen LogP contribution >= 0.6 is 0 Å². The lowest BCUT2D eigenvalue weighted by molar-refractivity contribution is 0.112. The molecule has 0 spiro atoms. The standard InChI is InChI=1S/C17H16BN3O2/c1-19-15-6-7-16(20-17(15)21-8-2-3-9-21)23-13-4-5-14(18)12(10-13)11-22/h4-7,10-11H,2-3,8-9,18H2. The number of nitrogens with zero attached hydrogens (tertiary/aromatic N) is 3. The van der Waals surface area contributed by atoms with Crippen molar-refractivity contribution in [1.82, 2.24) is 4.98 Å². The number of ether oxygens (including phenoxy) is 1. The highest BCUT2D eigenvalue weighted by Crippen LogP contribution is 2.32. The summed E-state index contributed by atoms with van der Waals surface area (Å²) >= 11 is 0. The predicted molar refractivity (Wildman–Crippen MR) is 92.0 cm³/mol. The Kier molecular flexibility index (Phi) is 4.29. The van der Waals surface area contributed by atoms with Gasteiger partial charge in [-0.2, -0.15) is 0 Å². The molecule has 5 nitrogen and oxygen atoms in total. The second-order valence-corrected chi connectivity index (χ2v) is 5.54. The van der Waals surface area contributed by atoms with Crippen molar-refractivity contribution in [3.05, 3.63) is 47.3 Å². The molecule has 1 saturated heterocycles. The summed E-state index contributed by atoms with van der Waals surface area (Å²) in [6.07, 6.45) is 3.04. The minimum absolute atomic E-state index is 0.431. The van der Waals surface area contributed by atoms with Gasteiger partial charge in [0, 0.05) is 18.7 Å². The van der Waals surface area contributed by atoms with Crippen molar-refractivity contribution in [3.63, 3.8) is 0 Å². The van der Waals surface area contributed by atoms with Crippen molar-refractivity contribution < 1.29 is 9.53 Å². The molecular formula is C17H16BN3O2. The quantitative estimate of drug-likeness (QED) is 0.493. The summed E-state index contributed by atoms with van der Waals surface area (Å²) in [5.41, 5.74) is 2.04. The van der Waals surface area contributed by atoms with Gasteiger partial charge in [0.25, 0.3) is 0 Å². The smallest absolute Gasteiger partial charge is 0.228 e. The van der Waals surface area contributed by atoms with Crippen molar-refractivity contribution in [2.45, 2.75) is 12.8 Å². The third-order valence-electron chi connectivity index (χ3n) is 3.96. The number of aromatic nitrogens is 1. The van der Waals surface area contributed by atoms with Crippen LogP contribution in [0.4, 0.5) is 11.5 Å². The third-order valence-corrected chi connectivity index (χ3v) is 3.96. The van der Waals surface area contributed by atoms with Crippen LogP contribution < -0.4 is 15.1 Å². The minimum Gasteiger partial charge on any atom is -0.439 e. The molecule has 6 heteroatoms. The van der Waals surface area contributed by atoms with Gasteiger partial charge in [0.2, 0.25) is 11.6 Å². The molecule has 0 aliphatic carbocycles. The molecule has 0 bridgehead atoms. The lowest BCUT2D eigenvalue weighted by Gasteiger charge is -2.18. The number of anilines is 1. The number of hydrogen-bond acceptors (Lipinski definition) is 4. The summed E-state index contributed by atoms with van der Waals surface area (Å²) < 4.78 is 5.78. The summed E-state index contributed by atoms with van der Waals surface area (Å²) in [7, 11) is 1.88. The molecule has 1 aliphatic rings. The third kappa shape index (κ3) is 3.19. The van der Waals surface area contributed by atoms with E-state index in [-0.39, 0.29) is 0 Å². The molecule has 2 heterocycles. The Morgan fingerprint density at radius 3 is 2.74 bits per heavy atom. The summed E-state index contributed by atoms with van der Waals surface area (Å²) in [5, 5.41) is 0. The highest BCUT2D eigenvalue weighted by Gasteiger charge is 2.18. The van der Waals surface area contributed by atoms with Gasteiger partial charge in [0.15, 0.2) is 0 Å². The SMILES string of the molecule is Bc1ccc(Oc2ccc([N+]#[C-])c(N3CCCC3)n2)cc1C=O. The first-order valence-corrected chi connectivity index (χ1v) is 7.58. The van der Waals surface area contributed by atoms with Crippen LogP contribution in [0.2, 0.25) is 0 Å². The number of carbonyl (C=O) groups is 1. The number of benzene rings is 1. The van der Waals surface area contributed by atoms with Gasteiger partial charge in [-0.25, -0.2) is 9.83 Å². The van der Waals surface area contributed by atoms with E-state index in [9.17, 15) is 4.79 Å². The van der Waals surface area contributed by atoms with E-state index in [1.54, 1.807) is 18.2 Å². The van der Waals surface area contributed by atoms with Gasteiger partial charge in [-0.3, -0.25) is 4.79 Å². The normalized spacial score (nSPS) is 13.6. The van der Waals surface area contributed by atoms with Crippen LogP contribution in [0.15, 0.2) is 30.3 Å². The van der Waals surface area contributed by atoms with Crippen LogP contribution in [0.3, 0.4) is 0 Å². The van der Waals surface area contributed by atoms with Crippen molar-refractivity contribution >= 4 is 31.1 Å². The Bertz CT molecular complexity index is 780. The number of hydrogen-bond donors (Lipinski definition) is 0. The molecule has 0 unspecified atom stereocenters. The van der Waals surface area contributed by atoms with E-state index in [0.717, 1.165) is 37.7 Å². The largest absolute Gasteiger partial charge is 0.439 e. The summed E-state index contributed by atoms with van der Waals surface area (Å²) in [4.78, 5) is 21.2. The van der Waals surface area contributed by atoms with Crippen molar-refractivity contribution in [1.29, 1.82) is 0 Å². The Morgan fingerprint density at radius 1 is 1.26 bits per heavy atom. The lowest BCUT2D eigenvalue weighted by Crippen LogP contribution is -2.19. The van der Waals surface area contributed by atoms with E-state index in [1.807, 2.05) is 20.0 Å². The first-order chi connectivity index (χ1) is 11.2. The number of pyridine rings is 1. The van der Waals surface area contributed by atoms with Gasteiger partial charge in [-0.05, 0) is 37.1 Å². The monoisotopic (exact) mass is 305 g/mol. The highest BCUT2D eigenvalue weighted by atomic mass is 16.5. The van der Waals surface area contributed by atoms with Crippen LogP contribution in [0.1, 0.15) is 23.2 Å². The maximum atomic E-state index is 11.0. The van der Waals surface area contributed by atoms with Crippen LogP contribution in [0.25, 0.3) is 4.85 Å². The predicted octanol–water partition coefficient (Wildman–Crippen LogP) is 2.10. The van der Waals surface area contributed by atoms with Crippen molar-refractivity contribution in [2.24, 2.45) is 0 Å². The van der Waals surface area contributed by atoms with Gasteiger partial charge in [0.1, 0.15) is 25.7 Å². The molecule has 1 aromatic carbocycles. The van der Waals surface area contributed by atoms with E-state index in [4.69, 9.17) is 11.3 Å². The molecule has 2 aromatic rings. The number of rotatable bonds is 4. The van der Waals surface area contributed by atoms with Gasteiger partial charge in [0.05, 0.1) is 6.57 Å². The lowest BCUT2D eigenvalue weighted by atomic mass is 9.91. The Balaban J connectivity index is 1.90. The molecule has 1 aliphatic heterocycles. The topological polar surface area (TPSA) is 46.8 Å². The zero-order chi connectivity index (χ0) is 16.2. The molecule has 0 saturated carbocycles. The maximum absolute atomic E-state index is 11.0. The first-order valence-electron chi connectivity index (χ1n) is 7.58. The van der Waals surface area contributed by atoms with E-state index in [1.165, 1.54) is 0 Å². The van der Waals surface area contributed by atoms with E-state index < -0.39 is 0 Å². The molecule has 3 rings (SSSR count). The number of carbonyl (C=O) groups excluding carboxylic acids is 1. The average Bonchev–Trinajstić information content (AvgIpc) is 3.11. The first kappa shape index (κ1) is 15.1. The fraction of sp³-hybridized carbons (Fsp3) is 0.235. The minimum atomic E-state index is 0.431. The molecule has 1 fully saturated rings. The number of aldehydes is 1. The molecule has 0 amide bonds. The molecule has 1 aromatic heterocycles. The second kappa shape index (κ2) is 6.53. The van der Waals surface area contributed by atoms with Gasteiger partial charge < -0.3 is 9.64 Å². The van der Waals surface area contributed by atoms with Gasteiger partial charge in [-0.15, -0.1) is 0 Å². The van der Waals surface area contributed by atoms with Gasteiger partial charge >= 0.3 is 0 Å². The van der Waals surface area contributed by atoms with E-state index in [0.29, 0.717) is 28.7 Å². The summed E-state index contributed by atoms with van der Waals surface area (Å²) in [6.45, 7) is 9.13. The molecule has 114 valence electrons. The van der Waals surface area contributed by atoms with Crippen LogP contribution in [-0.2, 0) is 0 Å². The molecule has 0 N–H and O–H groups in total. The van der Waals surface area contributed by atoms with Crippen molar-refractivity contribution in [2.75, 3.05) is 18.0 Å². The van der Waals surface area contributed by atoms with Crippen LogP contribution in [-0.4, -0.2) is 32.2 Å². The van der Waals surface area contributed by atoms with E-state index in [2.05, 4.69) is 14.7 Å². The fourth-order valence-electron chi connectivity index (χ4n) is 2.66. The Morgan fingerprint density at radius 2 is 2.04 bits per heavy atom. The van der Waals surface area contributed by atoms with Crippen molar-refractivity contribution in [3.8, 4) is 11.6 Å². The fourth-order valence-corrected chi connectivity index (χ4v) is 2.66. The van der Waals surface area contributed by atoms with Gasteiger partial charge in [-0.1, -0.05) is 11.5 Å². The second-order valence-electron chi connectivity index (χ2n) is 5.54. The highest BCUT2D eigenvalue weighted by molar-refractivity contribution is 6.35. The zero-order valence-electron chi connectivity index (χ0n) is 13.0. The summed E-state index contributed by atoms with van der Waals surface area (Å²) in [6, 6.07) is 8.77. The average molecular weight is 305 g/mol. The van der Waals surface area contributed by atoms with E-state index >= 15 is 0 Å². The van der Waals surface area contributed by atoms with Crippen LogP contribution in [0.5, 0.6) is 11.6 Å². The maximum Gasteiger partial charge on any atom is 0.228 e. The molecule has 23 heavy (non-hydrogen) atoms. The Labute approximate surface area is 136 Å². The molecule has 0 radical (unpaired) electrons. The molecule has 0 atom stereocenters. The zero-order valence-corrected chi connectivity index (χ0v) is 13.0. The summed E-state index contributed by atoms with van der Waals surface area (Å²) in [5.74, 6) is 1.67.